The van der Waals surface area contributed by atoms with Crippen LogP contribution < -0.4 is 0 Å². The molecule has 0 saturated carbocycles. The van der Waals surface area contributed by atoms with E-state index < -0.39 is 0 Å². The second kappa shape index (κ2) is 12.1. The van der Waals surface area contributed by atoms with Crippen molar-refractivity contribution in [3.05, 3.63) is 176 Å². The number of fused-ring (bicyclic) bond motifs is 1. The first kappa shape index (κ1) is 27.4. The van der Waals surface area contributed by atoms with Gasteiger partial charge in [-0.3, -0.25) is 4.98 Å². The van der Waals surface area contributed by atoms with Gasteiger partial charge in [0.25, 0.3) is 0 Å². The van der Waals surface area contributed by atoms with Gasteiger partial charge in [-0.2, -0.15) is 0 Å². The molecule has 0 spiro atoms. The lowest BCUT2D eigenvalue weighted by Gasteiger charge is -2.13. The Morgan fingerprint density at radius 1 is 0.348 bits per heavy atom. The highest BCUT2D eigenvalue weighted by Gasteiger charge is 2.13. The highest BCUT2D eigenvalue weighted by Crippen LogP contribution is 2.36. The molecule has 46 heavy (non-hydrogen) atoms. The predicted octanol–water partition coefficient (Wildman–Crippen LogP) is 11.0. The number of hydrogen-bond acceptors (Lipinski definition) is 3. The summed E-state index contributed by atoms with van der Waals surface area (Å²) in [5.74, 6) is 0.702. The minimum Gasteiger partial charge on any atom is -0.264 e. The first-order valence-corrected chi connectivity index (χ1v) is 15.4. The van der Waals surface area contributed by atoms with Crippen LogP contribution in [-0.4, -0.2) is 15.0 Å². The van der Waals surface area contributed by atoms with Crippen molar-refractivity contribution < 1.29 is 0 Å². The molecule has 3 nitrogen and oxygen atoms in total. The molecule has 0 fully saturated rings. The van der Waals surface area contributed by atoms with Gasteiger partial charge in [0.1, 0.15) is 0 Å². The lowest BCUT2D eigenvalue weighted by Crippen LogP contribution is -1.96. The molecule has 0 bridgehead atoms. The van der Waals surface area contributed by atoms with Gasteiger partial charge in [-0.1, -0.05) is 127 Å². The number of hydrogen-bond donors (Lipinski definition) is 0. The van der Waals surface area contributed by atoms with Gasteiger partial charge in [-0.05, 0) is 75.0 Å². The van der Waals surface area contributed by atoms with E-state index in [9.17, 15) is 0 Å². The van der Waals surface area contributed by atoms with E-state index in [0.717, 1.165) is 50.3 Å². The van der Waals surface area contributed by atoms with Crippen LogP contribution in [0.1, 0.15) is 0 Å². The maximum atomic E-state index is 5.11. The number of pyridine rings is 1. The van der Waals surface area contributed by atoms with Gasteiger partial charge in [0, 0.05) is 34.6 Å². The molecule has 0 aliphatic rings. The molecule has 0 N–H and O–H groups in total. The van der Waals surface area contributed by atoms with E-state index in [1.807, 2.05) is 42.7 Å². The van der Waals surface area contributed by atoms with Gasteiger partial charge >= 0.3 is 0 Å². The van der Waals surface area contributed by atoms with Gasteiger partial charge in [-0.15, -0.1) is 0 Å². The summed E-state index contributed by atoms with van der Waals surface area (Å²) in [4.78, 5) is 14.6. The monoisotopic (exact) mass is 587 g/mol. The normalized spacial score (nSPS) is 11.0. The molecule has 0 radical (unpaired) electrons. The van der Waals surface area contributed by atoms with Crippen LogP contribution in [-0.2, 0) is 0 Å². The zero-order valence-corrected chi connectivity index (χ0v) is 25.1. The fourth-order valence-electron chi connectivity index (χ4n) is 6.04. The highest BCUT2D eigenvalue weighted by molar-refractivity contribution is 6.00. The predicted molar refractivity (Wildman–Crippen MR) is 190 cm³/mol. The number of rotatable bonds is 6. The van der Waals surface area contributed by atoms with Crippen molar-refractivity contribution in [3.63, 3.8) is 0 Å². The Morgan fingerprint density at radius 2 is 0.913 bits per heavy atom. The lowest BCUT2D eigenvalue weighted by atomic mass is 9.93. The van der Waals surface area contributed by atoms with Crippen LogP contribution in [0.5, 0.6) is 0 Å². The Morgan fingerprint density at radius 3 is 1.59 bits per heavy atom. The molecule has 8 aromatic rings. The smallest absolute Gasteiger partial charge is 0.160 e. The molecular weight excluding hydrogens is 558 g/mol. The summed E-state index contributed by atoms with van der Waals surface area (Å²) < 4.78 is 0. The van der Waals surface area contributed by atoms with Crippen molar-refractivity contribution in [3.8, 4) is 67.3 Å². The molecule has 8 rings (SSSR count). The van der Waals surface area contributed by atoms with Crippen LogP contribution in [0.15, 0.2) is 176 Å². The second-order valence-electron chi connectivity index (χ2n) is 11.3. The average Bonchev–Trinajstić information content (AvgIpc) is 3.15. The van der Waals surface area contributed by atoms with Gasteiger partial charge in [0.2, 0.25) is 0 Å². The maximum absolute atomic E-state index is 5.11. The number of benzene rings is 6. The van der Waals surface area contributed by atoms with Crippen molar-refractivity contribution >= 4 is 10.8 Å². The Kier molecular flexibility index (Phi) is 7.18. The van der Waals surface area contributed by atoms with Gasteiger partial charge in [0.15, 0.2) is 5.82 Å². The van der Waals surface area contributed by atoms with Crippen molar-refractivity contribution in [2.45, 2.75) is 0 Å². The lowest BCUT2D eigenvalue weighted by molar-refractivity contribution is 1.18. The minimum absolute atomic E-state index is 0.702. The van der Waals surface area contributed by atoms with Gasteiger partial charge < -0.3 is 0 Å². The van der Waals surface area contributed by atoms with E-state index in [1.54, 1.807) is 0 Å². The van der Waals surface area contributed by atoms with Crippen molar-refractivity contribution in [1.82, 2.24) is 15.0 Å². The molecule has 0 atom stereocenters. The molecule has 0 unspecified atom stereocenters. The third-order valence-corrected chi connectivity index (χ3v) is 8.35. The SMILES string of the molecule is c1ccc(-c2cccc(-c3cc(-c4cccc(-c5cc(-c6cccnc6)c6ccccc6c5)c4)nc(-c4ccccc4)n3)c2)cc1. The first-order chi connectivity index (χ1) is 22.8. The van der Waals surface area contributed by atoms with E-state index in [1.165, 1.54) is 21.9 Å². The molecule has 2 heterocycles. The van der Waals surface area contributed by atoms with Gasteiger partial charge in [-0.25, -0.2) is 9.97 Å². The number of nitrogens with zero attached hydrogens (tertiary/aromatic N) is 3. The third kappa shape index (κ3) is 5.47. The summed E-state index contributed by atoms with van der Waals surface area (Å²) in [6.07, 6.45) is 3.75. The van der Waals surface area contributed by atoms with Gasteiger partial charge in [0.05, 0.1) is 11.4 Å². The molecular formula is C43H29N3. The summed E-state index contributed by atoms with van der Waals surface area (Å²) in [5.41, 5.74) is 11.7. The molecule has 2 aromatic heterocycles. The van der Waals surface area contributed by atoms with Crippen LogP contribution in [0.4, 0.5) is 0 Å². The van der Waals surface area contributed by atoms with Crippen LogP contribution in [0.25, 0.3) is 78.1 Å². The van der Waals surface area contributed by atoms with Crippen molar-refractivity contribution in [1.29, 1.82) is 0 Å². The van der Waals surface area contributed by atoms with E-state index in [-0.39, 0.29) is 0 Å². The first-order valence-electron chi connectivity index (χ1n) is 15.4. The van der Waals surface area contributed by atoms with Crippen molar-refractivity contribution in [2.75, 3.05) is 0 Å². The van der Waals surface area contributed by atoms with Crippen LogP contribution in [0, 0.1) is 0 Å². The van der Waals surface area contributed by atoms with E-state index in [2.05, 4.69) is 138 Å². The van der Waals surface area contributed by atoms with E-state index in [0.29, 0.717) is 5.82 Å². The molecule has 0 aliphatic heterocycles. The minimum atomic E-state index is 0.702. The number of aromatic nitrogens is 3. The Labute approximate surface area is 268 Å². The summed E-state index contributed by atoms with van der Waals surface area (Å²) in [6.45, 7) is 0. The molecule has 3 heteroatoms. The van der Waals surface area contributed by atoms with Crippen molar-refractivity contribution in [2.24, 2.45) is 0 Å². The van der Waals surface area contributed by atoms with E-state index in [4.69, 9.17) is 9.97 Å². The summed E-state index contributed by atoms with van der Waals surface area (Å²) >= 11 is 0. The second-order valence-corrected chi connectivity index (χ2v) is 11.3. The largest absolute Gasteiger partial charge is 0.264 e. The summed E-state index contributed by atoms with van der Waals surface area (Å²) in [6, 6.07) is 57.2. The van der Waals surface area contributed by atoms with Crippen LogP contribution in [0.2, 0.25) is 0 Å². The zero-order valence-electron chi connectivity index (χ0n) is 25.1. The summed E-state index contributed by atoms with van der Waals surface area (Å²) in [5, 5.41) is 2.40. The fraction of sp³-hybridized carbons (Fsp3) is 0. The molecule has 0 saturated heterocycles. The standard InChI is InChI=1S/C43H29N3/c1-3-12-30(13-4-1)32-17-9-19-35(24-32)41-28-42(46-43(45-41)31-14-5-2-6-15-31)36-20-10-18-33(25-36)38-26-34-16-7-8-22-39(34)40(27-38)37-21-11-23-44-29-37/h1-29H. The third-order valence-electron chi connectivity index (χ3n) is 8.35. The van der Waals surface area contributed by atoms with E-state index >= 15 is 0 Å². The Bertz CT molecular complexity index is 2300. The average molecular weight is 588 g/mol. The topological polar surface area (TPSA) is 38.7 Å². The maximum Gasteiger partial charge on any atom is 0.160 e. The van der Waals surface area contributed by atoms with Crippen LogP contribution >= 0.6 is 0 Å². The highest BCUT2D eigenvalue weighted by atomic mass is 14.9. The molecule has 6 aromatic carbocycles. The van der Waals surface area contributed by atoms with Crippen LogP contribution in [0.3, 0.4) is 0 Å². The fourth-order valence-corrected chi connectivity index (χ4v) is 6.04. The summed E-state index contributed by atoms with van der Waals surface area (Å²) in [7, 11) is 0. The molecule has 0 amide bonds. The Hall–Kier alpha value is -6.19. The zero-order chi connectivity index (χ0) is 30.7. The Balaban J connectivity index is 1.26. The molecule has 216 valence electrons. The quantitative estimate of drug-likeness (QED) is 0.194. The molecule has 0 aliphatic carbocycles.